The summed E-state index contributed by atoms with van der Waals surface area (Å²) >= 11 is 0. The third kappa shape index (κ3) is 5.22. The molecule has 6 rings (SSSR count). The van der Waals surface area contributed by atoms with Crippen LogP contribution in [-0.2, 0) is 4.79 Å². The molecule has 0 aliphatic carbocycles. The van der Waals surface area contributed by atoms with Crippen LogP contribution in [0.2, 0.25) is 0 Å². The number of rotatable bonds is 7. The topological polar surface area (TPSA) is 112 Å². The monoisotopic (exact) mass is 539 g/mol. The summed E-state index contributed by atoms with van der Waals surface area (Å²) in [6.07, 6.45) is 9.37. The summed E-state index contributed by atoms with van der Waals surface area (Å²) < 4.78 is 9.11. The summed E-state index contributed by atoms with van der Waals surface area (Å²) in [5.41, 5.74) is 7.55. The van der Waals surface area contributed by atoms with E-state index in [0.29, 0.717) is 42.1 Å². The van der Waals surface area contributed by atoms with Crippen LogP contribution in [0.1, 0.15) is 31.7 Å². The number of piperidine rings is 1. The van der Waals surface area contributed by atoms with Crippen LogP contribution in [0, 0.1) is 0 Å². The Morgan fingerprint density at radius 1 is 0.975 bits per heavy atom. The Bertz CT molecular complexity index is 1570. The van der Waals surface area contributed by atoms with Crippen LogP contribution < -0.4 is 16.2 Å². The molecule has 0 radical (unpaired) electrons. The van der Waals surface area contributed by atoms with Crippen LogP contribution in [-0.4, -0.2) is 67.5 Å². The smallest absolute Gasteiger partial charge is 0.335 e. The highest BCUT2D eigenvalue weighted by atomic mass is 16.5. The predicted molar refractivity (Wildman–Crippen MR) is 154 cm³/mol. The molecule has 2 N–H and O–H groups in total. The average molecular weight is 540 g/mol. The van der Waals surface area contributed by atoms with Crippen molar-refractivity contribution in [2.75, 3.05) is 38.5 Å². The van der Waals surface area contributed by atoms with Gasteiger partial charge in [0.2, 0.25) is 5.91 Å². The van der Waals surface area contributed by atoms with Gasteiger partial charge in [0.25, 0.3) is 0 Å². The minimum absolute atomic E-state index is 0.0283. The fourth-order valence-corrected chi connectivity index (χ4v) is 5.63. The standard InChI is InChI=1S/C30H33N7O3/c31-28-27-29(33-21-32-28)37(23-15-19-35(20-23)26(38)10-7-18-34-16-5-2-6-17-34)30(39)36(27)22-11-13-25(14-12-22)40-24-8-3-1-4-9-24/h1,3-4,7-14,21,23H,2,5-6,15-20H2,(H2,31,32,33)/b10-7+. The molecule has 0 saturated carbocycles. The van der Waals surface area contributed by atoms with Gasteiger partial charge >= 0.3 is 5.69 Å². The van der Waals surface area contributed by atoms with Crippen LogP contribution in [0.15, 0.2) is 77.9 Å². The summed E-state index contributed by atoms with van der Waals surface area (Å²) in [7, 11) is 0. The molecule has 10 nitrogen and oxygen atoms in total. The lowest BCUT2D eigenvalue weighted by atomic mass is 10.1. The number of para-hydroxylation sites is 1. The number of nitrogen functional groups attached to an aromatic ring is 1. The van der Waals surface area contributed by atoms with Gasteiger partial charge in [-0.05, 0) is 68.8 Å². The van der Waals surface area contributed by atoms with Gasteiger partial charge in [-0.25, -0.2) is 14.8 Å². The molecular weight excluding hydrogens is 506 g/mol. The van der Waals surface area contributed by atoms with Crippen LogP contribution >= 0.6 is 0 Å². The zero-order valence-corrected chi connectivity index (χ0v) is 22.4. The van der Waals surface area contributed by atoms with E-state index in [1.54, 1.807) is 20.1 Å². The van der Waals surface area contributed by atoms with Gasteiger partial charge in [-0.15, -0.1) is 0 Å². The minimum Gasteiger partial charge on any atom is -0.457 e. The van der Waals surface area contributed by atoms with Gasteiger partial charge in [-0.1, -0.05) is 30.7 Å². The maximum Gasteiger partial charge on any atom is 0.335 e. The zero-order chi connectivity index (χ0) is 27.5. The Morgan fingerprint density at radius 2 is 1.73 bits per heavy atom. The molecule has 206 valence electrons. The second kappa shape index (κ2) is 11.4. The Balaban J connectivity index is 1.23. The third-order valence-corrected chi connectivity index (χ3v) is 7.67. The molecule has 2 aromatic heterocycles. The number of fused-ring (bicyclic) bond motifs is 1. The summed E-state index contributed by atoms with van der Waals surface area (Å²) in [5.74, 6) is 1.56. The van der Waals surface area contributed by atoms with Crippen molar-refractivity contribution in [2.45, 2.75) is 31.7 Å². The molecule has 2 aromatic carbocycles. The number of carbonyl (C=O) groups excluding carboxylic acids is 1. The molecule has 2 saturated heterocycles. The van der Waals surface area contributed by atoms with E-state index >= 15 is 0 Å². The molecule has 0 bridgehead atoms. The summed E-state index contributed by atoms with van der Waals surface area (Å²) in [5, 5.41) is 0. The normalized spacial score (nSPS) is 18.1. The van der Waals surface area contributed by atoms with Gasteiger partial charge in [0.15, 0.2) is 11.5 Å². The first-order valence-corrected chi connectivity index (χ1v) is 13.8. The number of benzene rings is 2. The summed E-state index contributed by atoms with van der Waals surface area (Å²) in [6.45, 7) is 3.97. The van der Waals surface area contributed by atoms with E-state index in [1.165, 1.54) is 25.6 Å². The number of amides is 1. The number of imidazole rings is 1. The lowest BCUT2D eigenvalue weighted by Crippen LogP contribution is -2.32. The van der Waals surface area contributed by atoms with E-state index in [-0.39, 0.29) is 23.5 Å². The van der Waals surface area contributed by atoms with Crippen molar-refractivity contribution < 1.29 is 9.53 Å². The quantitative estimate of drug-likeness (QED) is 0.356. The first-order chi connectivity index (χ1) is 19.6. The first kappa shape index (κ1) is 25.8. The Kier molecular flexibility index (Phi) is 7.33. The van der Waals surface area contributed by atoms with Gasteiger partial charge in [0.05, 0.1) is 11.7 Å². The number of nitrogens with zero attached hydrogens (tertiary/aromatic N) is 6. The second-order valence-corrected chi connectivity index (χ2v) is 10.3. The molecule has 2 aliphatic heterocycles. The van der Waals surface area contributed by atoms with Gasteiger partial charge in [0.1, 0.15) is 23.3 Å². The van der Waals surface area contributed by atoms with Crippen molar-refractivity contribution in [1.29, 1.82) is 0 Å². The second-order valence-electron chi connectivity index (χ2n) is 10.3. The molecule has 1 amide bonds. The van der Waals surface area contributed by atoms with E-state index in [1.807, 2.05) is 60.7 Å². The molecule has 4 heterocycles. The van der Waals surface area contributed by atoms with E-state index in [0.717, 1.165) is 25.4 Å². The van der Waals surface area contributed by atoms with E-state index < -0.39 is 0 Å². The van der Waals surface area contributed by atoms with Gasteiger partial charge in [-0.2, -0.15) is 0 Å². The number of hydrogen-bond acceptors (Lipinski definition) is 7. The molecule has 2 aliphatic rings. The maximum atomic E-state index is 13.9. The molecule has 2 fully saturated rings. The number of likely N-dealkylation sites (tertiary alicyclic amines) is 2. The van der Waals surface area contributed by atoms with Crippen molar-refractivity contribution in [3.8, 4) is 17.2 Å². The lowest BCUT2D eigenvalue weighted by molar-refractivity contribution is -0.125. The van der Waals surface area contributed by atoms with Gasteiger partial charge in [-0.3, -0.25) is 18.8 Å². The van der Waals surface area contributed by atoms with E-state index in [2.05, 4.69) is 14.9 Å². The van der Waals surface area contributed by atoms with Crippen LogP contribution in [0.25, 0.3) is 16.9 Å². The number of ether oxygens (including phenoxy) is 1. The number of anilines is 1. The molecule has 4 aromatic rings. The van der Waals surface area contributed by atoms with Crippen LogP contribution in [0.5, 0.6) is 11.5 Å². The van der Waals surface area contributed by atoms with E-state index in [9.17, 15) is 9.59 Å². The third-order valence-electron chi connectivity index (χ3n) is 7.67. The highest BCUT2D eigenvalue weighted by molar-refractivity contribution is 5.88. The predicted octanol–water partition coefficient (Wildman–Crippen LogP) is 3.77. The minimum atomic E-state index is -0.265. The average Bonchev–Trinajstić information content (AvgIpc) is 3.58. The molecular formula is C30H33N7O3. The molecule has 40 heavy (non-hydrogen) atoms. The van der Waals surface area contributed by atoms with Gasteiger partial charge in [0, 0.05) is 25.7 Å². The van der Waals surface area contributed by atoms with Gasteiger partial charge < -0.3 is 15.4 Å². The van der Waals surface area contributed by atoms with Crippen molar-refractivity contribution >= 4 is 22.9 Å². The fraction of sp³-hybridized carbons (Fsp3) is 0.333. The van der Waals surface area contributed by atoms with E-state index in [4.69, 9.17) is 10.5 Å². The number of hydrogen-bond donors (Lipinski definition) is 1. The Labute approximate surface area is 232 Å². The van der Waals surface area contributed by atoms with Crippen LogP contribution in [0.3, 0.4) is 0 Å². The first-order valence-electron chi connectivity index (χ1n) is 13.8. The summed E-state index contributed by atoms with van der Waals surface area (Å²) in [4.78, 5) is 39.6. The molecule has 1 atom stereocenters. The largest absolute Gasteiger partial charge is 0.457 e. The summed E-state index contributed by atoms with van der Waals surface area (Å²) in [6, 6.07) is 16.5. The van der Waals surface area contributed by atoms with Crippen molar-refractivity contribution in [2.24, 2.45) is 0 Å². The molecule has 0 spiro atoms. The number of carbonyl (C=O) groups is 1. The highest BCUT2D eigenvalue weighted by Crippen LogP contribution is 2.29. The Hall–Kier alpha value is -4.44. The SMILES string of the molecule is Nc1ncnc2c1n(-c1ccc(Oc3ccccc3)cc1)c(=O)n2C1CCN(C(=O)/C=C/CN2CCCCC2)C1. The molecule has 10 heteroatoms. The van der Waals surface area contributed by atoms with Crippen molar-refractivity contribution in [1.82, 2.24) is 28.9 Å². The van der Waals surface area contributed by atoms with Crippen molar-refractivity contribution in [3.05, 3.63) is 83.6 Å². The fourth-order valence-electron chi connectivity index (χ4n) is 5.63. The maximum absolute atomic E-state index is 13.9. The molecule has 1 unspecified atom stereocenters. The van der Waals surface area contributed by atoms with Crippen LogP contribution in [0.4, 0.5) is 5.82 Å². The number of nitrogens with two attached hydrogens (primary N) is 1. The Morgan fingerprint density at radius 3 is 2.50 bits per heavy atom. The zero-order valence-electron chi connectivity index (χ0n) is 22.4. The number of aromatic nitrogens is 4. The lowest BCUT2D eigenvalue weighted by Gasteiger charge is -2.24. The highest BCUT2D eigenvalue weighted by Gasteiger charge is 2.31. The van der Waals surface area contributed by atoms with Crippen molar-refractivity contribution in [3.63, 3.8) is 0 Å².